The predicted octanol–water partition coefficient (Wildman–Crippen LogP) is 1.96. The van der Waals surface area contributed by atoms with Crippen LogP contribution in [0.4, 0.5) is 8.78 Å². The van der Waals surface area contributed by atoms with Crippen molar-refractivity contribution in [1.29, 1.82) is 0 Å². The van der Waals surface area contributed by atoms with Crippen LogP contribution >= 0.6 is 0 Å². The molecule has 0 radical (unpaired) electrons. The van der Waals surface area contributed by atoms with Crippen molar-refractivity contribution in [3.63, 3.8) is 0 Å². The van der Waals surface area contributed by atoms with Crippen LogP contribution in [0.1, 0.15) is 17.2 Å². The Bertz CT molecular complexity index is 362. The van der Waals surface area contributed by atoms with E-state index in [1.807, 2.05) is 0 Å². The lowest BCUT2D eigenvalue weighted by Gasteiger charge is -2.02. The zero-order valence-corrected chi connectivity index (χ0v) is 6.18. The van der Waals surface area contributed by atoms with Crippen LogP contribution in [0.5, 0.6) is 0 Å². The molecule has 0 N–H and O–H groups in total. The third kappa shape index (κ3) is 0.693. The molecule has 2 atom stereocenters. The third-order valence-corrected chi connectivity index (χ3v) is 2.49. The van der Waals surface area contributed by atoms with Crippen molar-refractivity contribution in [3.05, 3.63) is 34.9 Å². The summed E-state index contributed by atoms with van der Waals surface area (Å²) in [7, 11) is 0. The Morgan fingerprint density at radius 2 is 2.17 bits per heavy atom. The molecule has 1 aromatic rings. The number of hydrogen-bond acceptors (Lipinski definition) is 1. The van der Waals surface area contributed by atoms with Gasteiger partial charge in [-0.2, -0.15) is 0 Å². The van der Waals surface area contributed by atoms with Crippen molar-refractivity contribution in [3.8, 4) is 0 Å². The maximum Gasteiger partial charge on any atom is 0.129 e. The summed E-state index contributed by atoms with van der Waals surface area (Å²) in [6, 6.07) is 2.31. The molecule has 1 aliphatic heterocycles. The molecule has 0 aromatic heterocycles. The fourth-order valence-electron chi connectivity index (χ4n) is 1.87. The topological polar surface area (TPSA) is 12.5 Å². The smallest absolute Gasteiger partial charge is 0.129 e. The van der Waals surface area contributed by atoms with E-state index in [2.05, 4.69) is 0 Å². The van der Waals surface area contributed by atoms with Gasteiger partial charge in [-0.25, -0.2) is 8.78 Å². The fraction of sp³-hybridized carbons (Fsp3) is 0.333. The molecule has 1 saturated heterocycles. The van der Waals surface area contributed by atoms with Gasteiger partial charge >= 0.3 is 0 Å². The molecular weight excluding hydrogens is 162 g/mol. The van der Waals surface area contributed by atoms with Gasteiger partial charge in [0.25, 0.3) is 0 Å². The highest BCUT2D eigenvalue weighted by Gasteiger charge is 2.48. The molecule has 1 fully saturated rings. The van der Waals surface area contributed by atoms with Crippen LogP contribution in [0.3, 0.4) is 0 Å². The number of epoxide rings is 1. The first-order valence-electron chi connectivity index (χ1n) is 3.89. The van der Waals surface area contributed by atoms with E-state index in [1.54, 1.807) is 0 Å². The van der Waals surface area contributed by atoms with E-state index in [-0.39, 0.29) is 12.2 Å². The van der Waals surface area contributed by atoms with Crippen LogP contribution in [0.15, 0.2) is 12.1 Å². The first kappa shape index (κ1) is 6.54. The normalized spacial score (nSPS) is 29.8. The van der Waals surface area contributed by atoms with E-state index in [1.165, 1.54) is 6.07 Å². The number of hydrogen-bond donors (Lipinski definition) is 0. The molecule has 1 heterocycles. The highest BCUT2D eigenvalue weighted by atomic mass is 19.1. The summed E-state index contributed by atoms with van der Waals surface area (Å²) in [4.78, 5) is 0. The molecule has 0 spiro atoms. The molecular formula is C9H6F2O. The maximum atomic E-state index is 13.0. The molecule has 62 valence electrons. The summed E-state index contributed by atoms with van der Waals surface area (Å²) in [5, 5.41) is 0. The van der Waals surface area contributed by atoms with Crippen molar-refractivity contribution in [2.75, 3.05) is 0 Å². The van der Waals surface area contributed by atoms with Crippen LogP contribution in [-0.4, -0.2) is 6.10 Å². The van der Waals surface area contributed by atoms with Gasteiger partial charge in [0.1, 0.15) is 17.7 Å². The van der Waals surface area contributed by atoms with Crippen LogP contribution < -0.4 is 0 Å². The second kappa shape index (κ2) is 1.85. The lowest BCUT2D eigenvalue weighted by atomic mass is 10.1. The lowest BCUT2D eigenvalue weighted by Crippen LogP contribution is -1.95. The number of halogens is 2. The Hall–Kier alpha value is -0.960. The summed E-state index contributed by atoms with van der Waals surface area (Å²) < 4.78 is 30.9. The quantitative estimate of drug-likeness (QED) is 0.539. The van der Waals surface area contributed by atoms with Gasteiger partial charge in [0.15, 0.2) is 0 Å². The number of rotatable bonds is 0. The largest absolute Gasteiger partial charge is 0.364 e. The molecule has 0 unspecified atom stereocenters. The van der Waals surface area contributed by atoms with Crippen molar-refractivity contribution in [2.24, 2.45) is 0 Å². The van der Waals surface area contributed by atoms with E-state index >= 15 is 0 Å². The number of fused-ring (bicyclic) bond motifs is 3. The molecule has 0 amide bonds. The first-order chi connectivity index (χ1) is 5.75. The molecule has 1 aromatic carbocycles. The Morgan fingerprint density at radius 1 is 1.33 bits per heavy atom. The lowest BCUT2D eigenvalue weighted by molar-refractivity contribution is 0.356. The SMILES string of the molecule is Fc1cc(F)c2c(c1)[C@@H]1O[C@H]1C2. The fourth-order valence-corrected chi connectivity index (χ4v) is 1.87. The number of ether oxygens (including phenoxy) is 1. The number of benzene rings is 1. The van der Waals surface area contributed by atoms with Gasteiger partial charge < -0.3 is 4.74 Å². The zero-order valence-electron chi connectivity index (χ0n) is 6.18. The average Bonchev–Trinajstić information content (AvgIpc) is 2.68. The third-order valence-electron chi connectivity index (χ3n) is 2.49. The minimum absolute atomic E-state index is 0.0230. The van der Waals surface area contributed by atoms with E-state index < -0.39 is 11.6 Å². The van der Waals surface area contributed by atoms with Crippen molar-refractivity contribution < 1.29 is 13.5 Å². The zero-order chi connectivity index (χ0) is 8.29. The first-order valence-corrected chi connectivity index (χ1v) is 3.89. The van der Waals surface area contributed by atoms with Crippen LogP contribution in [-0.2, 0) is 11.2 Å². The summed E-state index contributed by atoms with van der Waals surface area (Å²) >= 11 is 0. The van der Waals surface area contributed by atoms with E-state index in [0.717, 1.165) is 6.07 Å². The standard InChI is InChI=1S/C9H6F2O/c10-4-1-6-5(7(11)2-4)3-8-9(6)12-8/h1-2,8-9H,3H2/t8-,9-/m0/s1. The molecule has 1 nitrogen and oxygen atoms in total. The molecule has 3 rings (SSSR count). The second-order valence-electron chi connectivity index (χ2n) is 3.25. The predicted molar refractivity (Wildman–Crippen MR) is 37.7 cm³/mol. The van der Waals surface area contributed by atoms with Gasteiger partial charge in [-0.05, 0) is 17.2 Å². The average molecular weight is 168 g/mol. The van der Waals surface area contributed by atoms with Gasteiger partial charge in [-0.3, -0.25) is 0 Å². The Kier molecular flexibility index (Phi) is 1.01. The highest BCUT2D eigenvalue weighted by Crippen LogP contribution is 2.49. The summed E-state index contributed by atoms with van der Waals surface area (Å²) in [6.07, 6.45) is 0.702. The Labute approximate surface area is 68.0 Å². The van der Waals surface area contributed by atoms with E-state index in [0.29, 0.717) is 17.5 Å². The maximum absolute atomic E-state index is 13.0. The molecule has 3 heteroatoms. The van der Waals surface area contributed by atoms with Crippen LogP contribution in [0.25, 0.3) is 0 Å². The molecule has 0 saturated carbocycles. The van der Waals surface area contributed by atoms with Crippen molar-refractivity contribution in [2.45, 2.75) is 18.6 Å². The molecule has 12 heavy (non-hydrogen) atoms. The van der Waals surface area contributed by atoms with Gasteiger partial charge in [0.2, 0.25) is 0 Å². The van der Waals surface area contributed by atoms with Crippen molar-refractivity contribution in [1.82, 2.24) is 0 Å². The summed E-state index contributed by atoms with van der Waals surface area (Å²) in [5.41, 5.74) is 1.34. The highest BCUT2D eigenvalue weighted by molar-refractivity contribution is 5.40. The van der Waals surface area contributed by atoms with Gasteiger partial charge in [0.05, 0.1) is 6.10 Å². The van der Waals surface area contributed by atoms with Gasteiger partial charge in [0, 0.05) is 12.5 Å². The summed E-state index contributed by atoms with van der Waals surface area (Å²) in [5.74, 6) is -0.941. The minimum Gasteiger partial charge on any atom is -0.364 e. The van der Waals surface area contributed by atoms with Crippen LogP contribution in [0, 0.1) is 11.6 Å². The Balaban J connectivity index is 2.24. The van der Waals surface area contributed by atoms with Gasteiger partial charge in [-0.15, -0.1) is 0 Å². The Morgan fingerprint density at radius 3 is 3.00 bits per heavy atom. The molecule has 0 bridgehead atoms. The minimum atomic E-state index is -0.512. The van der Waals surface area contributed by atoms with E-state index in [4.69, 9.17) is 4.74 Å². The van der Waals surface area contributed by atoms with Gasteiger partial charge in [-0.1, -0.05) is 0 Å². The molecule has 2 aliphatic rings. The van der Waals surface area contributed by atoms with Crippen molar-refractivity contribution >= 4 is 0 Å². The van der Waals surface area contributed by atoms with E-state index in [9.17, 15) is 8.78 Å². The van der Waals surface area contributed by atoms with Crippen LogP contribution in [0.2, 0.25) is 0 Å². The monoisotopic (exact) mass is 168 g/mol. The second-order valence-corrected chi connectivity index (χ2v) is 3.25. The molecule has 1 aliphatic carbocycles. The summed E-state index contributed by atoms with van der Waals surface area (Å²) in [6.45, 7) is 0.